The Morgan fingerprint density at radius 2 is 2.26 bits per heavy atom. The van der Waals surface area contributed by atoms with E-state index in [9.17, 15) is 4.79 Å². The lowest BCUT2D eigenvalue weighted by Gasteiger charge is -2.43. The number of ether oxygens (including phenoxy) is 1. The number of H-pyrrole nitrogens is 1. The van der Waals surface area contributed by atoms with Gasteiger partial charge in [-0.1, -0.05) is 20.3 Å². The molecular formula is C17H23N3O2S. The minimum absolute atomic E-state index is 0. The maximum Gasteiger partial charge on any atom is 0.255 e. The van der Waals surface area contributed by atoms with Crippen molar-refractivity contribution in [1.29, 1.82) is 0 Å². The quantitative estimate of drug-likeness (QED) is 0.914. The maximum atomic E-state index is 12.9. The van der Waals surface area contributed by atoms with Crippen LogP contribution < -0.4 is 0 Å². The molecule has 1 saturated carbocycles. The molecule has 6 heteroatoms. The summed E-state index contributed by atoms with van der Waals surface area (Å²) in [5.41, 5.74) is 1.81. The number of nitrogens with one attached hydrogen (secondary N) is 1. The summed E-state index contributed by atoms with van der Waals surface area (Å²) < 4.78 is 5.86. The second-order valence-electron chi connectivity index (χ2n) is 5.95. The van der Waals surface area contributed by atoms with Gasteiger partial charge in [-0.3, -0.25) is 9.89 Å². The summed E-state index contributed by atoms with van der Waals surface area (Å²) in [5, 5.41) is 8.73. The predicted molar refractivity (Wildman–Crippen MR) is 91.7 cm³/mol. The molecule has 0 spiro atoms. The van der Waals surface area contributed by atoms with Crippen LogP contribution in [-0.2, 0) is 4.74 Å². The Morgan fingerprint density at radius 1 is 1.39 bits per heavy atom. The Bertz CT molecular complexity index is 651. The van der Waals surface area contributed by atoms with Crippen LogP contribution in [0.2, 0.25) is 0 Å². The molecule has 1 aliphatic heterocycles. The van der Waals surface area contributed by atoms with Crippen molar-refractivity contribution in [3.8, 4) is 10.4 Å². The standard InChI is InChI=1S/C16H19N3O2S.CH4/c20-16(11-7-15(22-10-11)12-8-17-18-9-12)19-5-6-21-14-4-2-1-3-13(14)19;/h7-10,13-14H,1-6H2,(H,17,18);1H4. The first kappa shape index (κ1) is 16.2. The Hall–Kier alpha value is -1.66. The van der Waals surface area contributed by atoms with Crippen molar-refractivity contribution in [2.45, 2.75) is 45.3 Å². The van der Waals surface area contributed by atoms with Crippen molar-refractivity contribution in [2.75, 3.05) is 13.2 Å². The number of aromatic amines is 1. The van der Waals surface area contributed by atoms with E-state index in [1.165, 1.54) is 12.8 Å². The number of hydrogen-bond donors (Lipinski definition) is 1. The highest BCUT2D eigenvalue weighted by atomic mass is 32.1. The van der Waals surface area contributed by atoms with Crippen LogP contribution in [0.5, 0.6) is 0 Å². The van der Waals surface area contributed by atoms with Crippen molar-refractivity contribution >= 4 is 17.2 Å². The average molecular weight is 333 g/mol. The zero-order chi connectivity index (χ0) is 14.9. The normalized spacial score (nSPS) is 23.9. The highest BCUT2D eigenvalue weighted by molar-refractivity contribution is 7.13. The van der Waals surface area contributed by atoms with Crippen LogP contribution >= 0.6 is 11.3 Å². The third-order valence-corrected chi connectivity index (χ3v) is 5.60. The number of carbonyl (C=O) groups is 1. The van der Waals surface area contributed by atoms with Crippen LogP contribution in [0, 0.1) is 0 Å². The van der Waals surface area contributed by atoms with E-state index < -0.39 is 0 Å². The van der Waals surface area contributed by atoms with E-state index in [1.54, 1.807) is 17.5 Å². The highest BCUT2D eigenvalue weighted by Crippen LogP contribution is 2.31. The summed E-state index contributed by atoms with van der Waals surface area (Å²) in [7, 11) is 0. The van der Waals surface area contributed by atoms with Crippen molar-refractivity contribution < 1.29 is 9.53 Å². The van der Waals surface area contributed by atoms with Gasteiger partial charge in [-0.15, -0.1) is 11.3 Å². The molecule has 3 heterocycles. The van der Waals surface area contributed by atoms with E-state index in [4.69, 9.17) is 4.74 Å². The Morgan fingerprint density at radius 3 is 3.09 bits per heavy atom. The number of hydrogen-bond acceptors (Lipinski definition) is 4. The molecule has 124 valence electrons. The van der Waals surface area contributed by atoms with Gasteiger partial charge in [0.15, 0.2) is 0 Å². The van der Waals surface area contributed by atoms with E-state index in [0.29, 0.717) is 13.2 Å². The molecule has 1 amide bonds. The van der Waals surface area contributed by atoms with Gasteiger partial charge >= 0.3 is 0 Å². The fourth-order valence-corrected chi connectivity index (χ4v) is 4.37. The molecule has 2 unspecified atom stereocenters. The van der Waals surface area contributed by atoms with Crippen LogP contribution in [0.3, 0.4) is 0 Å². The second kappa shape index (κ2) is 6.84. The molecule has 1 N–H and O–H groups in total. The van der Waals surface area contributed by atoms with Gasteiger partial charge in [-0.05, 0) is 18.9 Å². The zero-order valence-corrected chi connectivity index (χ0v) is 13.1. The van der Waals surface area contributed by atoms with Crippen LogP contribution in [-0.4, -0.2) is 46.3 Å². The number of aromatic nitrogens is 2. The molecule has 2 aromatic rings. The lowest BCUT2D eigenvalue weighted by atomic mass is 9.90. The molecule has 5 nitrogen and oxygen atoms in total. The molecule has 23 heavy (non-hydrogen) atoms. The van der Waals surface area contributed by atoms with Gasteiger partial charge in [0.1, 0.15) is 0 Å². The number of rotatable bonds is 2. The van der Waals surface area contributed by atoms with Crippen LogP contribution in [0.15, 0.2) is 23.8 Å². The lowest BCUT2D eigenvalue weighted by Crippen LogP contribution is -2.54. The monoisotopic (exact) mass is 333 g/mol. The Kier molecular flexibility index (Phi) is 4.82. The summed E-state index contributed by atoms with van der Waals surface area (Å²) in [6.45, 7) is 1.36. The number of morpholine rings is 1. The molecule has 2 aliphatic rings. The summed E-state index contributed by atoms with van der Waals surface area (Å²) in [4.78, 5) is 16.0. The van der Waals surface area contributed by atoms with Gasteiger partial charge in [0.2, 0.25) is 0 Å². The SMILES string of the molecule is C.O=C(c1csc(-c2cn[nH]c2)c1)N1CCOC2CCCCC21. The van der Waals surface area contributed by atoms with Crippen molar-refractivity contribution in [3.05, 3.63) is 29.4 Å². The number of nitrogens with zero attached hydrogens (tertiary/aromatic N) is 2. The molecule has 4 rings (SSSR count). The smallest absolute Gasteiger partial charge is 0.255 e. The van der Waals surface area contributed by atoms with Crippen LogP contribution in [0.4, 0.5) is 0 Å². The first-order valence-corrected chi connectivity index (χ1v) is 8.71. The van der Waals surface area contributed by atoms with Gasteiger partial charge in [0.25, 0.3) is 5.91 Å². The van der Waals surface area contributed by atoms with Gasteiger partial charge in [-0.25, -0.2) is 0 Å². The maximum absolute atomic E-state index is 12.9. The van der Waals surface area contributed by atoms with Crippen molar-refractivity contribution in [2.24, 2.45) is 0 Å². The third-order valence-electron chi connectivity index (χ3n) is 4.62. The van der Waals surface area contributed by atoms with Gasteiger partial charge in [0, 0.05) is 28.6 Å². The third kappa shape index (κ3) is 3.05. The first-order valence-electron chi connectivity index (χ1n) is 7.83. The number of amides is 1. The van der Waals surface area contributed by atoms with E-state index in [-0.39, 0.29) is 25.5 Å². The van der Waals surface area contributed by atoms with Crippen LogP contribution in [0.25, 0.3) is 10.4 Å². The molecule has 2 aromatic heterocycles. The molecule has 0 bridgehead atoms. The topological polar surface area (TPSA) is 58.2 Å². The van der Waals surface area contributed by atoms with Crippen LogP contribution in [0.1, 0.15) is 43.5 Å². The molecular weight excluding hydrogens is 310 g/mol. The predicted octanol–water partition coefficient (Wildman–Crippen LogP) is 3.56. The van der Waals surface area contributed by atoms with E-state index in [2.05, 4.69) is 10.2 Å². The molecule has 2 atom stereocenters. The number of thiophene rings is 1. The molecule has 1 aliphatic carbocycles. The van der Waals surface area contributed by atoms with Gasteiger partial charge in [-0.2, -0.15) is 5.10 Å². The minimum Gasteiger partial charge on any atom is -0.374 e. The van der Waals surface area contributed by atoms with Crippen molar-refractivity contribution in [3.63, 3.8) is 0 Å². The largest absolute Gasteiger partial charge is 0.374 e. The van der Waals surface area contributed by atoms with Crippen molar-refractivity contribution in [1.82, 2.24) is 15.1 Å². The van der Waals surface area contributed by atoms with E-state index >= 15 is 0 Å². The number of carbonyl (C=O) groups excluding carboxylic acids is 1. The Balaban J connectivity index is 0.00000156. The summed E-state index contributed by atoms with van der Waals surface area (Å²) >= 11 is 1.59. The Labute approximate surface area is 140 Å². The summed E-state index contributed by atoms with van der Waals surface area (Å²) in [6.07, 6.45) is 8.43. The summed E-state index contributed by atoms with van der Waals surface area (Å²) in [6, 6.07) is 2.23. The fraction of sp³-hybridized carbons (Fsp3) is 0.529. The highest BCUT2D eigenvalue weighted by Gasteiger charge is 2.37. The molecule has 0 aromatic carbocycles. The first-order chi connectivity index (χ1) is 10.8. The average Bonchev–Trinajstić information content (AvgIpc) is 3.24. The van der Waals surface area contributed by atoms with E-state index in [1.807, 2.05) is 22.5 Å². The fourth-order valence-electron chi connectivity index (χ4n) is 3.50. The van der Waals surface area contributed by atoms with E-state index in [0.717, 1.165) is 28.8 Å². The second-order valence-corrected chi connectivity index (χ2v) is 6.86. The molecule has 0 radical (unpaired) electrons. The minimum atomic E-state index is 0. The lowest BCUT2D eigenvalue weighted by molar-refractivity contribution is -0.0752. The zero-order valence-electron chi connectivity index (χ0n) is 12.3. The summed E-state index contributed by atoms with van der Waals surface area (Å²) in [5.74, 6) is 0.145. The van der Waals surface area contributed by atoms with Gasteiger partial charge < -0.3 is 9.64 Å². The molecule has 2 fully saturated rings. The number of fused-ring (bicyclic) bond motifs is 1. The van der Waals surface area contributed by atoms with Gasteiger partial charge in [0.05, 0.1) is 30.5 Å². The molecule has 1 saturated heterocycles.